The van der Waals surface area contributed by atoms with Gasteiger partial charge in [0.05, 0.1) is 12.9 Å². The number of carbonyl (C=O) groups is 3. The van der Waals surface area contributed by atoms with E-state index >= 15 is 0 Å². The molecule has 1 aromatic rings. The number of nitrogens with zero attached hydrogens (tertiary/aromatic N) is 1. The van der Waals surface area contributed by atoms with Gasteiger partial charge in [0.25, 0.3) is 5.24 Å². The van der Waals surface area contributed by atoms with E-state index in [9.17, 15) is 14.4 Å². The highest BCUT2D eigenvalue weighted by Crippen LogP contribution is 2.17. The third-order valence-electron chi connectivity index (χ3n) is 3.07. The molecule has 118 valence electrons. The molecule has 0 aliphatic carbocycles. The molecule has 0 radical (unpaired) electrons. The number of rotatable bonds is 6. The van der Waals surface area contributed by atoms with E-state index in [4.69, 9.17) is 4.74 Å². The zero-order valence-corrected chi connectivity index (χ0v) is 12.9. The van der Waals surface area contributed by atoms with Gasteiger partial charge in [-0.2, -0.15) is 0 Å². The molecule has 1 saturated heterocycles. The molecule has 0 saturated carbocycles. The summed E-state index contributed by atoms with van der Waals surface area (Å²) in [5, 5.41) is 5.05. The predicted octanol–water partition coefficient (Wildman–Crippen LogP) is 1.19. The highest BCUT2D eigenvalue weighted by atomic mass is 32.2. The van der Waals surface area contributed by atoms with Gasteiger partial charge in [-0.25, -0.2) is 4.79 Å². The lowest BCUT2D eigenvalue weighted by Gasteiger charge is -2.13. The molecular formula is C14H17N3O4S. The second-order valence-corrected chi connectivity index (χ2v) is 5.48. The largest absolute Gasteiger partial charge is 0.497 e. The van der Waals surface area contributed by atoms with Crippen LogP contribution in [0.1, 0.15) is 5.56 Å². The molecule has 1 heterocycles. The smallest absolute Gasteiger partial charge is 0.315 e. The first-order chi connectivity index (χ1) is 10.6. The van der Waals surface area contributed by atoms with Crippen LogP contribution in [0.15, 0.2) is 24.3 Å². The van der Waals surface area contributed by atoms with Crippen molar-refractivity contribution in [2.24, 2.45) is 0 Å². The summed E-state index contributed by atoms with van der Waals surface area (Å²) in [6, 6.07) is 7.01. The summed E-state index contributed by atoms with van der Waals surface area (Å²) in [7, 11) is 1.59. The zero-order chi connectivity index (χ0) is 15.9. The van der Waals surface area contributed by atoms with E-state index in [0.717, 1.165) is 28.0 Å². The maximum absolute atomic E-state index is 11.6. The summed E-state index contributed by atoms with van der Waals surface area (Å²) in [6.45, 7) is 0.806. The van der Waals surface area contributed by atoms with Crippen molar-refractivity contribution in [2.75, 3.05) is 26.0 Å². The van der Waals surface area contributed by atoms with E-state index in [0.29, 0.717) is 6.54 Å². The fourth-order valence-corrected chi connectivity index (χ4v) is 2.62. The molecule has 22 heavy (non-hydrogen) atoms. The average Bonchev–Trinajstić information content (AvgIpc) is 2.85. The van der Waals surface area contributed by atoms with Crippen LogP contribution in [-0.4, -0.2) is 48.0 Å². The van der Waals surface area contributed by atoms with Gasteiger partial charge in [0, 0.05) is 19.6 Å². The fraction of sp³-hybridized carbons (Fsp3) is 0.357. The highest BCUT2D eigenvalue weighted by Gasteiger charge is 2.29. The maximum atomic E-state index is 11.6. The number of hydrogen-bond acceptors (Lipinski definition) is 5. The Hall–Kier alpha value is -2.22. The molecule has 1 aromatic carbocycles. The van der Waals surface area contributed by atoms with Crippen LogP contribution in [-0.2, 0) is 11.3 Å². The molecule has 0 spiro atoms. The van der Waals surface area contributed by atoms with Gasteiger partial charge in [-0.05, 0) is 17.7 Å². The number of nitrogens with one attached hydrogen (secondary N) is 2. The van der Waals surface area contributed by atoms with Gasteiger partial charge in [-0.3, -0.25) is 14.5 Å². The van der Waals surface area contributed by atoms with Crippen LogP contribution in [0.5, 0.6) is 5.75 Å². The van der Waals surface area contributed by atoms with Crippen LogP contribution < -0.4 is 15.4 Å². The minimum atomic E-state index is -0.345. The molecule has 8 heteroatoms. The summed E-state index contributed by atoms with van der Waals surface area (Å²) in [5.41, 5.74) is 0.942. The molecule has 0 unspecified atom stereocenters. The first kappa shape index (κ1) is 16.2. The Balaban J connectivity index is 1.67. The van der Waals surface area contributed by atoms with Gasteiger partial charge in [-0.1, -0.05) is 23.9 Å². The van der Waals surface area contributed by atoms with Gasteiger partial charge in [-0.15, -0.1) is 0 Å². The zero-order valence-electron chi connectivity index (χ0n) is 12.1. The van der Waals surface area contributed by atoms with Crippen molar-refractivity contribution in [1.82, 2.24) is 15.5 Å². The normalized spacial score (nSPS) is 14.1. The summed E-state index contributed by atoms with van der Waals surface area (Å²) in [4.78, 5) is 35.5. The molecule has 1 fully saturated rings. The topological polar surface area (TPSA) is 87.7 Å². The summed E-state index contributed by atoms with van der Waals surface area (Å²) in [6.07, 6.45) is 0. The molecule has 1 aliphatic rings. The molecule has 0 atom stereocenters. The van der Waals surface area contributed by atoms with Crippen LogP contribution in [0.3, 0.4) is 0 Å². The van der Waals surface area contributed by atoms with Gasteiger partial charge in [0.1, 0.15) is 5.75 Å². The van der Waals surface area contributed by atoms with Crippen molar-refractivity contribution in [1.29, 1.82) is 0 Å². The highest BCUT2D eigenvalue weighted by molar-refractivity contribution is 8.14. The second kappa shape index (κ2) is 7.69. The van der Waals surface area contributed by atoms with Crippen molar-refractivity contribution in [3.05, 3.63) is 29.8 Å². The standard InChI is InChI=1S/C14H17N3O4S/c1-21-11-4-2-10(3-5-11)8-16-13(19)15-6-7-17-12(18)9-22-14(17)20/h2-5H,6-9H2,1H3,(H2,15,16,19). The lowest BCUT2D eigenvalue weighted by Crippen LogP contribution is -2.41. The fourth-order valence-electron chi connectivity index (χ4n) is 1.87. The van der Waals surface area contributed by atoms with Crippen molar-refractivity contribution in [3.63, 3.8) is 0 Å². The first-order valence-corrected chi connectivity index (χ1v) is 7.70. The lowest BCUT2D eigenvalue weighted by atomic mass is 10.2. The number of amides is 4. The number of imide groups is 1. The Morgan fingerprint density at radius 3 is 2.59 bits per heavy atom. The van der Waals surface area contributed by atoms with E-state index in [1.807, 2.05) is 24.3 Å². The Morgan fingerprint density at radius 2 is 2.00 bits per heavy atom. The van der Waals surface area contributed by atoms with E-state index in [1.54, 1.807) is 7.11 Å². The van der Waals surface area contributed by atoms with Crippen LogP contribution >= 0.6 is 11.8 Å². The number of urea groups is 1. The van der Waals surface area contributed by atoms with Crippen LogP contribution in [0.25, 0.3) is 0 Å². The van der Waals surface area contributed by atoms with E-state index in [2.05, 4.69) is 10.6 Å². The van der Waals surface area contributed by atoms with Gasteiger partial charge < -0.3 is 15.4 Å². The Bertz CT molecular complexity index is 546. The number of carbonyl (C=O) groups excluding carboxylic acids is 3. The summed E-state index contributed by atoms with van der Waals surface area (Å²) < 4.78 is 5.05. The van der Waals surface area contributed by atoms with Crippen LogP contribution in [0.4, 0.5) is 9.59 Å². The minimum absolute atomic E-state index is 0.183. The van der Waals surface area contributed by atoms with Gasteiger partial charge in [0.2, 0.25) is 5.91 Å². The molecule has 0 bridgehead atoms. The Kier molecular flexibility index (Phi) is 5.65. The summed E-state index contributed by atoms with van der Waals surface area (Å²) >= 11 is 0.982. The maximum Gasteiger partial charge on any atom is 0.315 e. The number of hydrogen-bond donors (Lipinski definition) is 2. The molecule has 2 N–H and O–H groups in total. The summed E-state index contributed by atoms with van der Waals surface area (Å²) in [5.74, 6) is 0.726. The minimum Gasteiger partial charge on any atom is -0.497 e. The van der Waals surface area contributed by atoms with Crippen molar-refractivity contribution < 1.29 is 19.1 Å². The number of thioether (sulfide) groups is 1. The number of methoxy groups -OCH3 is 1. The Morgan fingerprint density at radius 1 is 1.27 bits per heavy atom. The van der Waals surface area contributed by atoms with Crippen LogP contribution in [0.2, 0.25) is 0 Å². The quantitative estimate of drug-likeness (QED) is 0.821. The van der Waals surface area contributed by atoms with Crippen LogP contribution in [0, 0.1) is 0 Å². The SMILES string of the molecule is COc1ccc(CNC(=O)NCCN2C(=O)CSC2=O)cc1. The van der Waals surface area contributed by atoms with E-state index in [-0.39, 0.29) is 36.0 Å². The van der Waals surface area contributed by atoms with Crippen molar-refractivity contribution in [2.45, 2.75) is 6.54 Å². The number of benzene rings is 1. The van der Waals surface area contributed by atoms with Crippen molar-refractivity contribution >= 4 is 28.9 Å². The molecule has 1 aliphatic heterocycles. The first-order valence-electron chi connectivity index (χ1n) is 6.72. The molecule has 7 nitrogen and oxygen atoms in total. The number of ether oxygens (including phenoxy) is 1. The van der Waals surface area contributed by atoms with E-state index < -0.39 is 0 Å². The second-order valence-electron chi connectivity index (χ2n) is 4.56. The van der Waals surface area contributed by atoms with Gasteiger partial charge >= 0.3 is 6.03 Å². The predicted molar refractivity (Wildman–Crippen MR) is 82.8 cm³/mol. The molecule has 0 aromatic heterocycles. The van der Waals surface area contributed by atoms with Crippen molar-refractivity contribution in [3.8, 4) is 5.75 Å². The molecule has 2 rings (SSSR count). The lowest BCUT2D eigenvalue weighted by molar-refractivity contribution is -0.124. The Labute approximate surface area is 132 Å². The third kappa shape index (κ3) is 4.39. The molecule has 4 amide bonds. The third-order valence-corrected chi connectivity index (χ3v) is 3.93. The average molecular weight is 323 g/mol. The van der Waals surface area contributed by atoms with E-state index in [1.165, 1.54) is 0 Å². The monoisotopic (exact) mass is 323 g/mol. The molecular weight excluding hydrogens is 306 g/mol. The van der Waals surface area contributed by atoms with Gasteiger partial charge in [0.15, 0.2) is 0 Å².